The monoisotopic (exact) mass is 491 g/mol. The second kappa shape index (κ2) is 9.86. The number of halogens is 4. The molecule has 0 bridgehead atoms. The van der Waals surface area contributed by atoms with Crippen molar-refractivity contribution in [3.8, 4) is 11.3 Å². The molecule has 0 aliphatic carbocycles. The Labute approximate surface area is 198 Å². The Hall–Kier alpha value is -3.37. The van der Waals surface area contributed by atoms with Crippen LogP contribution in [0.1, 0.15) is 12.5 Å². The van der Waals surface area contributed by atoms with Gasteiger partial charge in [-0.05, 0) is 30.3 Å². The molecule has 4 rings (SSSR count). The van der Waals surface area contributed by atoms with E-state index in [0.29, 0.717) is 42.7 Å². The number of benzene rings is 2. The fraction of sp³-hybridized carbons (Fsp3) is 0.261. The zero-order chi connectivity index (χ0) is 24.3. The second-order valence-electron chi connectivity index (χ2n) is 7.61. The van der Waals surface area contributed by atoms with Gasteiger partial charge in [0.15, 0.2) is 0 Å². The third-order valence-corrected chi connectivity index (χ3v) is 5.42. The highest BCUT2D eigenvalue weighted by molar-refractivity contribution is 6.33. The first kappa shape index (κ1) is 23.8. The van der Waals surface area contributed by atoms with Crippen LogP contribution in [0.4, 0.5) is 36.2 Å². The van der Waals surface area contributed by atoms with Gasteiger partial charge < -0.3 is 20.3 Å². The summed E-state index contributed by atoms with van der Waals surface area (Å²) in [5, 5.41) is 6.09. The van der Waals surface area contributed by atoms with E-state index in [-0.39, 0.29) is 23.1 Å². The number of ether oxygens (including phenoxy) is 1. The first-order chi connectivity index (χ1) is 16.2. The van der Waals surface area contributed by atoms with Gasteiger partial charge in [-0.25, -0.2) is 9.97 Å². The van der Waals surface area contributed by atoms with Crippen molar-refractivity contribution >= 4 is 40.5 Å². The molecule has 0 spiro atoms. The lowest BCUT2D eigenvalue weighted by Crippen LogP contribution is -2.36. The van der Waals surface area contributed by atoms with Gasteiger partial charge >= 0.3 is 6.18 Å². The molecule has 2 heterocycles. The summed E-state index contributed by atoms with van der Waals surface area (Å²) < 4.78 is 46.5. The number of carbonyl (C=O) groups excluding carboxylic acids is 1. The summed E-state index contributed by atoms with van der Waals surface area (Å²) in [5.74, 6) is -0.347. The summed E-state index contributed by atoms with van der Waals surface area (Å²) in [6.45, 7) is 3.83. The number of hydrogen-bond acceptors (Lipinski definition) is 6. The Morgan fingerprint density at radius 2 is 1.88 bits per heavy atom. The largest absolute Gasteiger partial charge is 0.419 e. The minimum atomic E-state index is -4.67. The van der Waals surface area contributed by atoms with Crippen molar-refractivity contribution < 1.29 is 22.7 Å². The minimum Gasteiger partial charge on any atom is -0.378 e. The number of hydrogen-bond donors (Lipinski definition) is 2. The summed E-state index contributed by atoms with van der Waals surface area (Å²) >= 11 is 6.36. The van der Waals surface area contributed by atoms with Crippen LogP contribution in [0.2, 0.25) is 5.02 Å². The lowest BCUT2D eigenvalue weighted by atomic mass is 10.1. The van der Waals surface area contributed by atoms with Gasteiger partial charge in [0, 0.05) is 43.1 Å². The van der Waals surface area contributed by atoms with E-state index in [2.05, 4.69) is 25.5 Å². The normalized spacial score (nSPS) is 14.1. The molecular weight excluding hydrogens is 471 g/mol. The number of morpholine rings is 1. The maximum Gasteiger partial charge on any atom is 0.419 e. The van der Waals surface area contributed by atoms with Gasteiger partial charge in [-0.2, -0.15) is 13.2 Å². The second-order valence-corrected chi connectivity index (χ2v) is 8.01. The highest BCUT2D eigenvalue weighted by atomic mass is 35.5. The predicted octanol–water partition coefficient (Wildman–Crippen LogP) is 5.35. The zero-order valence-corrected chi connectivity index (χ0v) is 18.9. The Bertz CT molecular complexity index is 1200. The SMILES string of the molecule is CC(=O)Nc1cccc(-c2nc(Nc3ccc(Cl)c(N4CCOCC4)c3)ncc2C(F)(F)F)c1. The van der Waals surface area contributed by atoms with Crippen LogP contribution in [0.3, 0.4) is 0 Å². The molecule has 1 fully saturated rings. The van der Waals surface area contributed by atoms with Crippen LogP contribution in [0.25, 0.3) is 11.3 Å². The predicted molar refractivity (Wildman–Crippen MR) is 125 cm³/mol. The number of aromatic nitrogens is 2. The molecule has 1 aliphatic heterocycles. The van der Waals surface area contributed by atoms with Crippen LogP contribution >= 0.6 is 11.6 Å². The van der Waals surface area contributed by atoms with Crippen molar-refractivity contribution in [1.29, 1.82) is 0 Å². The third-order valence-electron chi connectivity index (χ3n) is 5.10. The Morgan fingerprint density at radius 3 is 2.59 bits per heavy atom. The topological polar surface area (TPSA) is 79.4 Å². The molecule has 178 valence electrons. The number of carbonyl (C=O) groups is 1. The summed E-state index contributed by atoms with van der Waals surface area (Å²) in [7, 11) is 0. The van der Waals surface area contributed by atoms with Crippen LogP contribution in [0.15, 0.2) is 48.7 Å². The van der Waals surface area contributed by atoms with Crippen molar-refractivity contribution in [2.45, 2.75) is 13.1 Å². The first-order valence-corrected chi connectivity index (χ1v) is 10.8. The molecule has 1 aliphatic rings. The number of nitrogens with zero attached hydrogens (tertiary/aromatic N) is 3. The number of rotatable bonds is 5. The lowest BCUT2D eigenvalue weighted by molar-refractivity contribution is -0.137. The molecule has 1 saturated heterocycles. The van der Waals surface area contributed by atoms with Gasteiger partial charge in [0.1, 0.15) is 5.56 Å². The first-order valence-electron chi connectivity index (χ1n) is 10.4. The average molecular weight is 492 g/mol. The molecule has 1 aromatic heterocycles. The van der Waals surface area contributed by atoms with Crippen LogP contribution in [-0.2, 0) is 15.7 Å². The van der Waals surface area contributed by atoms with Gasteiger partial charge in [0.2, 0.25) is 11.9 Å². The molecule has 2 aromatic carbocycles. The van der Waals surface area contributed by atoms with Crippen molar-refractivity contribution in [2.24, 2.45) is 0 Å². The molecule has 7 nitrogen and oxygen atoms in total. The molecule has 0 radical (unpaired) electrons. The van der Waals surface area contributed by atoms with E-state index in [1.165, 1.54) is 19.1 Å². The molecule has 11 heteroatoms. The van der Waals surface area contributed by atoms with Crippen LogP contribution in [-0.4, -0.2) is 42.2 Å². The average Bonchev–Trinajstić information content (AvgIpc) is 2.80. The van der Waals surface area contributed by atoms with Gasteiger partial charge in [0.05, 0.1) is 29.6 Å². The van der Waals surface area contributed by atoms with Crippen molar-refractivity contribution in [3.63, 3.8) is 0 Å². The smallest absolute Gasteiger partial charge is 0.378 e. The fourth-order valence-electron chi connectivity index (χ4n) is 3.58. The van der Waals surface area contributed by atoms with E-state index >= 15 is 0 Å². The Balaban J connectivity index is 1.69. The minimum absolute atomic E-state index is 0.0109. The summed E-state index contributed by atoms with van der Waals surface area (Å²) in [5.41, 5.74) is 0.615. The van der Waals surface area contributed by atoms with E-state index in [1.807, 2.05) is 0 Å². The number of nitrogens with one attached hydrogen (secondary N) is 2. The van der Waals surface area contributed by atoms with Crippen LogP contribution in [0.5, 0.6) is 0 Å². The van der Waals surface area contributed by atoms with Gasteiger partial charge in [0.25, 0.3) is 0 Å². The Kier molecular flexibility index (Phi) is 6.90. The van der Waals surface area contributed by atoms with Crippen LogP contribution < -0.4 is 15.5 Å². The van der Waals surface area contributed by atoms with Crippen molar-refractivity contribution in [1.82, 2.24) is 9.97 Å². The summed E-state index contributed by atoms with van der Waals surface area (Å²) in [6, 6.07) is 11.3. The molecule has 0 unspecified atom stereocenters. The standard InChI is InChI=1S/C23H21ClF3N5O2/c1-14(33)29-16-4-2-3-15(11-16)21-18(23(25,26)27)13-28-22(31-21)30-17-5-6-19(24)20(12-17)32-7-9-34-10-8-32/h2-6,11-13H,7-10H2,1H3,(H,29,33)(H,28,30,31). The van der Waals surface area contributed by atoms with Gasteiger partial charge in [-0.1, -0.05) is 23.7 Å². The Morgan fingerprint density at radius 1 is 1.12 bits per heavy atom. The van der Waals surface area contributed by atoms with Crippen molar-refractivity contribution in [2.75, 3.05) is 41.8 Å². The van der Waals surface area contributed by atoms with E-state index in [0.717, 1.165) is 11.9 Å². The molecular formula is C23H21ClF3N5O2. The van der Waals surface area contributed by atoms with Crippen molar-refractivity contribution in [3.05, 3.63) is 59.2 Å². The fourth-order valence-corrected chi connectivity index (χ4v) is 3.82. The van der Waals surface area contributed by atoms with E-state index in [1.54, 1.807) is 30.3 Å². The molecule has 3 aromatic rings. The molecule has 1 amide bonds. The van der Waals surface area contributed by atoms with Gasteiger partial charge in [-0.15, -0.1) is 0 Å². The highest BCUT2D eigenvalue weighted by Gasteiger charge is 2.35. The molecule has 0 atom stereocenters. The summed E-state index contributed by atoms with van der Waals surface area (Å²) in [6.07, 6.45) is -3.92. The maximum absolute atomic E-state index is 13.7. The summed E-state index contributed by atoms with van der Waals surface area (Å²) in [4.78, 5) is 21.5. The van der Waals surface area contributed by atoms with E-state index in [9.17, 15) is 18.0 Å². The van der Waals surface area contributed by atoms with E-state index in [4.69, 9.17) is 16.3 Å². The van der Waals surface area contributed by atoms with E-state index < -0.39 is 11.7 Å². The molecule has 2 N–H and O–H groups in total. The number of amides is 1. The number of alkyl halides is 3. The lowest BCUT2D eigenvalue weighted by Gasteiger charge is -2.30. The third kappa shape index (κ3) is 5.57. The zero-order valence-electron chi connectivity index (χ0n) is 18.1. The molecule has 0 saturated carbocycles. The quantitative estimate of drug-likeness (QED) is 0.500. The highest BCUT2D eigenvalue weighted by Crippen LogP contribution is 2.37. The number of anilines is 4. The van der Waals surface area contributed by atoms with Gasteiger partial charge in [-0.3, -0.25) is 4.79 Å². The molecule has 34 heavy (non-hydrogen) atoms. The maximum atomic E-state index is 13.7. The van der Waals surface area contributed by atoms with Crippen LogP contribution in [0, 0.1) is 0 Å².